The molecule has 1 aliphatic rings. The largest absolute Gasteiger partial charge is 0.496 e. The number of ether oxygens (including phenoxy) is 1. The summed E-state index contributed by atoms with van der Waals surface area (Å²) in [5, 5.41) is 0. The number of hydrogen-bond donors (Lipinski definition) is 1. The summed E-state index contributed by atoms with van der Waals surface area (Å²) in [4.78, 5) is 2.54. The molecular weight excluding hydrogens is 260 g/mol. The summed E-state index contributed by atoms with van der Waals surface area (Å²) in [5.74, 6) is 1.67. The van der Waals surface area contributed by atoms with Gasteiger partial charge in [-0.1, -0.05) is 39.0 Å². The van der Waals surface area contributed by atoms with E-state index >= 15 is 0 Å². The van der Waals surface area contributed by atoms with Crippen molar-refractivity contribution in [3.8, 4) is 5.75 Å². The average molecular weight is 290 g/mol. The molecule has 0 bridgehead atoms. The van der Waals surface area contributed by atoms with Gasteiger partial charge in [0.15, 0.2) is 0 Å². The first-order valence-corrected chi connectivity index (χ1v) is 7.97. The minimum Gasteiger partial charge on any atom is -0.496 e. The van der Waals surface area contributed by atoms with Crippen molar-refractivity contribution in [2.75, 3.05) is 20.2 Å². The Balaban J connectivity index is 2.25. The molecular formula is C18H30N2O. The zero-order valence-electron chi connectivity index (χ0n) is 14.1. The molecule has 3 nitrogen and oxygen atoms in total. The lowest BCUT2D eigenvalue weighted by atomic mass is 9.80. The topological polar surface area (TPSA) is 38.5 Å². The van der Waals surface area contributed by atoms with Gasteiger partial charge in [-0.05, 0) is 37.3 Å². The Morgan fingerprint density at radius 3 is 2.48 bits per heavy atom. The van der Waals surface area contributed by atoms with Crippen LogP contribution in [0.5, 0.6) is 5.75 Å². The second-order valence-corrected chi connectivity index (χ2v) is 7.39. The molecule has 1 fully saturated rings. The summed E-state index contributed by atoms with van der Waals surface area (Å²) in [7, 11) is 1.74. The number of nitrogens with zero attached hydrogens (tertiary/aromatic N) is 1. The van der Waals surface area contributed by atoms with E-state index in [9.17, 15) is 0 Å². The zero-order chi connectivity index (χ0) is 15.6. The van der Waals surface area contributed by atoms with Crippen LogP contribution in [-0.2, 0) is 0 Å². The molecule has 1 saturated heterocycles. The van der Waals surface area contributed by atoms with E-state index in [1.165, 1.54) is 12.0 Å². The van der Waals surface area contributed by atoms with E-state index in [0.717, 1.165) is 24.8 Å². The van der Waals surface area contributed by atoms with Gasteiger partial charge in [-0.2, -0.15) is 0 Å². The lowest BCUT2D eigenvalue weighted by molar-refractivity contribution is 0.178. The lowest BCUT2D eigenvalue weighted by Gasteiger charge is -2.34. The molecule has 0 saturated carbocycles. The Labute approximate surface area is 129 Å². The molecule has 0 aromatic heterocycles. The first-order valence-electron chi connectivity index (χ1n) is 7.97. The second kappa shape index (κ2) is 6.37. The average Bonchev–Trinajstić information content (AvgIpc) is 2.88. The van der Waals surface area contributed by atoms with Crippen molar-refractivity contribution in [1.29, 1.82) is 0 Å². The number of rotatable bonds is 4. The predicted octanol–water partition coefficient (Wildman–Crippen LogP) is 3.45. The van der Waals surface area contributed by atoms with Gasteiger partial charge in [0.25, 0.3) is 0 Å². The summed E-state index contributed by atoms with van der Waals surface area (Å²) in [6.45, 7) is 11.4. The Hall–Kier alpha value is -1.06. The van der Waals surface area contributed by atoms with Crippen LogP contribution < -0.4 is 10.5 Å². The maximum Gasteiger partial charge on any atom is 0.123 e. The highest BCUT2D eigenvalue weighted by Crippen LogP contribution is 2.39. The summed E-state index contributed by atoms with van der Waals surface area (Å²) in [5.41, 5.74) is 7.90. The number of benzene rings is 1. The SMILES string of the molecule is COc1ccccc1C(C(C)N)N1CCC(C(C)(C)C)C1. The number of para-hydroxylation sites is 1. The van der Waals surface area contributed by atoms with Gasteiger partial charge in [-0.3, -0.25) is 4.90 Å². The van der Waals surface area contributed by atoms with E-state index in [1.807, 2.05) is 12.1 Å². The molecule has 0 amide bonds. The maximum absolute atomic E-state index is 6.33. The summed E-state index contributed by atoms with van der Waals surface area (Å²) >= 11 is 0. The van der Waals surface area contributed by atoms with Crippen molar-refractivity contribution in [3.63, 3.8) is 0 Å². The molecule has 0 radical (unpaired) electrons. The summed E-state index contributed by atoms with van der Waals surface area (Å²) in [6, 6.07) is 8.58. The molecule has 3 atom stereocenters. The number of likely N-dealkylation sites (tertiary alicyclic amines) is 1. The van der Waals surface area contributed by atoms with Crippen LogP contribution in [0, 0.1) is 11.3 Å². The first-order chi connectivity index (χ1) is 9.84. The van der Waals surface area contributed by atoms with Gasteiger partial charge < -0.3 is 10.5 Å². The molecule has 3 unspecified atom stereocenters. The van der Waals surface area contributed by atoms with Crippen LogP contribution in [0.1, 0.15) is 45.7 Å². The van der Waals surface area contributed by atoms with Crippen LogP contribution in [0.3, 0.4) is 0 Å². The Morgan fingerprint density at radius 2 is 1.95 bits per heavy atom. The molecule has 1 aromatic carbocycles. The van der Waals surface area contributed by atoms with Crippen molar-refractivity contribution in [1.82, 2.24) is 4.90 Å². The fraction of sp³-hybridized carbons (Fsp3) is 0.667. The van der Waals surface area contributed by atoms with Crippen LogP contribution in [0.4, 0.5) is 0 Å². The van der Waals surface area contributed by atoms with Crippen LogP contribution >= 0.6 is 0 Å². The van der Waals surface area contributed by atoms with E-state index in [-0.39, 0.29) is 12.1 Å². The third-order valence-electron chi connectivity index (χ3n) is 4.79. The van der Waals surface area contributed by atoms with Crippen LogP contribution in [0.15, 0.2) is 24.3 Å². The van der Waals surface area contributed by atoms with Gasteiger partial charge in [-0.25, -0.2) is 0 Å². The predicted molar refractivity (Wildman–Crippen MR) is 88.5 cm³/mol. The molecule has 0 aliphatic carbocycles. The molecule has 1 heterocycles. The van der Waals surface area contributed by atoms with Gasteiger partial charge in [0.1, 0.15) is 5.75 Å². The van der Waals surface area contributed by atoms with Crippen molar-refractivity contribution < 1.29 is 4.74 Å². The van der Waals surface area contributed by atoms with Crippen molar-refractivity contribution >= 4 is 0 Å². The third kappa shape index (κ3) is 3.58. The van der Waals surface area contributed by atoms with Crippen molar-refractivity contribution in [2.45, 2.75) is 46.2 Å². The molecule has 1 aromatic rings. The lowest BCUT2D eigenvalue weighted by Crippen LogP contribution is -2.39. The fourth-order valence-electron chi connectivity index (χ4n) is 3.47. The van der Waals surface area contributed by atoms with Crippen molar-refractivity contribution in [3.05, 3.63) is 29.8 Å². The third-order valence-corrected chi connectivity index (χ3v) is 4.79. The normalized spacial score (nSPS) is 23.0. The Bertz CT molecular complexity index is 465. The highest BCUT2D eigenvalue weighted by Gasteiger charge is 2.37. The molecule has 2 rings (SSSR count). The second-order valence-electron chi connectivity index (χ2n) is 7.39. The minimum absolute atomic E-state index is 0.0834. The zero-order valence-corrected chi connectivity index (χ0v) is 14.1. The van der Waals surface area contributed by atoms with E-state index in [0.29, 0.717) is 5.41 Å². The summed E-state index contributed by atoms with van der Waals surface area (Å²) in [6.07, 6.45) is 1.25. The molecule has 1 aliphatic heterocycles. The highest BCUT2D eigenvalue weighted by molar-refractivity contribution is 5.37. The van der Waals surface area contributed by atoms with Gasteiger partial charge in [0, 0.05) is 18.2 Å². The van der Waals surface area contributed by atoms with Gasteiger partial charge in [0.05, 0.1) is 13.2 Å². The highest BCUT2D eigenvalue weighted by atomic mass is 16.5. The number of nitrogens with two attached hydrogens (primary N) is 1. The molecule has 3 heteroatoms. The van der Waals surface area contributed by atoms with E-state index < -0.39 is 0 Å². The summed E-state index contributed by atoms with van der Waals surface area (Å²) < 4.78 is 5.55. The van der Waals surface area contributed by atoms with Gasteiger partial charge >= 0.3 is 0 Å². The van der Waals surface area contributed by atoms with Crippen LogP contribution in [0.2, 0.25) is 0 Å². The van der Waals surface area contributed by atoms with E-state index in [4.69, 9.17) is 10.5 Å². The minimum atomic E-state index is 0.0834. The standard InChI is InChI=1S/C18H30N2O/c1-13(19)17(15-8-6-7-9-16(15)21-5)20-11-10-14(12-20)18(2,3)4/h6-9,13-14,17H,10-12,19H2,1-5H3. The number of methoxy groups -OCH3 is 1. The first kappa shape index (κ1) is 16.3. The van der Waals surface area contributed by atoms with Crippen LogP contribution in [0.25, 0.3) is 0 Å². The van der Waals surface area contributed by atoms with Crippen LogP contribution in [-0.4, -0.2) is 31.1 Å². The maximum atomic E-state index is 6.33. The van der Waals surface area contributed by atoms with E-state index in [2.05, 4.69) is 44.7 Å². The smallest absolute Gasteiger partial charge is 0.123 e. The van der Waals surface area contributed by atoms with Gasteiger partial charge in [-0.15, -0.1) is 0 Å². The Kier molecular flexibility index (Phi) is 4.95. The number of hydrogen-bond acceptors (Lipinski definition) is 3. The molecule has 118 valence electrons. The molecule has 21 heavy (non-hydrogen) atoms. The quantitative estimate of drug-likeness (QED) is 0.923. The monoisotopic (exact) mass is 290 g/mol. The molecule has 2 N–H and O–H groups in total. The fourth-order valence-corrected chi connectivity index (χ4v) is 3.47. The van der Waals surface area contributed by atoms with E-state index in [1.54, 1.807) is 7.11 Å². The Morgan fingerprint density at radius 1 is 1.29 bits per heavy atom. The van der Waals surface area contributed by atoms with Crippen molar-refractivity contribution in [2.24, 2.45) is 17.1 Å². The van der Waals surface area contributed by atoms with Gasteiger partial charge in [0.2, 0.25) is 0 Å². The molecule has 0 spiro atoms.